The van der Waals surface area contributed by atoms with Crippen molar-refractivity contribution in [2.24, 2.45) is 4.99 Å². The van der Waals surface area contributed by atoms with Crippen LogP contribution in [0.3, 0.4) is 0 Å². The highest BCUT2D eigenvalue weighted by Crippen LogP contribution is 2.37. The summed E-state index contributed by atoms with van der Waals surface area (Å²) >= 11 is 7.01. The van der Waals surface area contributed by atoms with E-state index in [-0.39, 0.29) is 5.91 Å². The molecule has 0 aliphatic carbocycles. The molecule has 1 amide bonds. The summed E-state index contributed by atoms with van der Waals surface area (Å²) < 4.78 is 13.9. The fraction of sp³-hybridized carbons (Fsp3) is 0.154. The first-order valence-electron chi connectivity index (χ1n) is 10.6. The summed E-state index contributed by atoms with van der Waals surface area (Å²) in [5, 5.41) is 3.40. The Morgan fingerprint density at radius 3 is 2.53 bits per heavy atom. The molecule has 0 radical (unpaired) electrons. The number of amides is 1. The molecule has 3 aromatic carbocycles. The van der Waals surface area contributed by atoms with Crippen LogP contribution in [-0.4, -0.2) is 17.7 Å². The van der Waals surface area contributed by atoms with Crippen molar-refractivity contribution in [2.45, 2.75) is 20.5 Å². The summed E-state index contributed by atoms with van der Waals surface area (Å²) in [4.78, 5) is 17.6. The lowest BCUT2D eigenvalue weighted by Gasteiger charge is -2.15. The summed E-state index contributed by atoms with van der Waals surface area (Å²) in [5.74, 6) is 1.17. The van der Waals surface area contributed by atoms with E-state index < -0.39 is 0 Å². The molecule has 1 heterocycles. The fourth-order valence-electron chi connectivity index (χ4n) is 3.18. The number of halogens is 2. The lowest BCUT2D eigenvalue weighted by atomic mass is 10.2. The van der Waals surface area contributed by atoms with Crippen LogP contribution >= 0.6 is 50.3 Å². The van der Waals surface area contributed by atoms with Gasteiger partial charge in [0, 0.05) is 4.47 Å². The molecule has 0 aromatic heterocycles. The first-order valence-corrected chi connectivity index (χ1v) is 13.3. The van der Waals surface area contributed by atoms with Gasteiger partial charge in [0.05, 0.1) is 20.8 Å². The van der Waals surface area contributed by atoms with Crippen molar-refractivity contribution in [3.63, 3.8) is 0 Å². The Labute approximate surface area is 225 Å². The number of hydrogen-bond donors (Lipinski definition) is 1. The molecule has 34 heavy (non-hydrogen) atoms. The number of aliphatic imine (C=N–C) groups is 1. The number of carbonyl (C=O) groups is 1. The van der Waals surface area contributed by atoms with Gasteiger partial charge < -0.3 is 14.8 Å². The molecule has 1 aliphatic rings. The molecular weight excluding hydrogens is 627 g/mol. The van der Waals surface area contributed by atoms with E-state index in [1.807, 2.05) is 80.6 Å². The second kappa shape index (κ2) is 11.4. The molecule has 3 aromatic rings. The highest BCUT2D eigenvalue weighted by molar-refractivity contribution is 14.1. The SMILES string of the molecule is CCOc1cc(/C=C2\SC(=Nc3ccc(C)cc3)NC2=O)cc(I)c1OCc1ccc(Br)cc1. The Balaban J connectivity index is 1.54. The lowest BCUT2D eigenvalue weighted by Crippen LogP contribution is -2.19. The van der Waals surface area contributed by atoms with E-state index in [9.17, 15) is 4.79 Å². The average molecular weight is 649 g/mol. The van der Waals surface area contributed by atoms with Crippen molar-refractivity contribution in [1.82, 2.24) is 5.32 Å². The fourth-order valence-corrected chi connectivity index (χ4v) is 5.07. The summed E-state index contributed by atoms with van der Waals surface area (Å²) in [6, 6.07) is 19.7. The van der Waals surface area contributed by atoms with E-state index in [1.165, 1.54) is 11.8 Å². The second-order valence-electron chi connectivity index (χ2n) is 7.50. The number of amidine groups is 1. The van der Waals surface area contributed by atoms with Gasteiger partial charge in [0.1, 0.15) is 6.61 Å². The van der Waals surface area contributed by atoms with E-state index in [2.05, 4.69) is 48.8 Å². The summed E-state index contributed by atoms with van der Waals surface area (Å²) in [6.45, 7) is 4.90. The van der Waals surface area contributed by atoms with Crippen LogP contribution in [0.15, 0.2) is 75.0 Å². The van der Waals surface area contributed by atoms with E-state index in [1.54, 1.807) is 0 Å². The number of thioether (sulfide) groups is 1. The molecule has 1 saturated heterocycles. The quantitative estimate of drug-likeness (QED) is 0.217. The first-order chi connectivity index (χ1) is 16.4. The van der Waals surface area contributed by atoms with Crippen LogP contribution in [0.5, 0.6) is 11.5 Å². The van der Waals surface area contributed by atoms with Crippen LogP contribution < -0.4 is 14.8 Å². The highest BCUT2D eigenvalue weighted by atomic mass is 127. The molecule has 0 bridgehead atoms. The topological polar surface area (TPSA) is 59.9 Å². The smallest absolute Gasteiger partial charge is 0.264 e. The third-order valence-electron chi connectivity index (χ3n) is 4.84. The molecule has 1 fully saturated rings. The van der Waals surface area contributed by atoms with Gasteiger partial charge in [-0.25, -0.2) is 4.99 Å². The number of aryl methyl sites for hydroxylation is 1. The van der Waals surface area contributed by atoms with E-state index in [4.69, 9.17) is 9.47 Å². The lowest BCUT2D eigenvalue weighted by molar-refractivity contribution is -0.115. The van der Waals surface area contributed by atoms with Gasteiger partial charge in [-0.1, -0.05) is 45.8 Å². The predicted octanol–water partition coefficient (Wildman–Crippen LogP) is 7.23. The van der Waals surface area contributed by atoms with Crippen LogP contribution in [-0.2, 0) is 11.4 Å². The van der Waals surface area contributed by atoms with E-state index >= 15 is 0 Å². The minimum Gasteiger partial charge on any atom is -0.490 e. The van der Waals surface area contributed by atoms with Crippen LogP contribution in [0.4, 0.5) is 5.69 Å². The molecule has 4 rings (SSSR count). The largest absolute Gasteiger partial charge is 0.490 e. The maximum Gasteiger partial charge on any atom is 0.264 e. The number of benzene rings is 3. The molecule has 1 aliphatic heterocycles. The van der Waals surface area contributed by atoms with Crippen molar-refractivity contribution < 1.29 is 14.3 Å². The Morgan fingerprint density at radius 1 is 1.09 bits per heavy atom. The zero-order valence-electron chi connectivity index (χ0n) is 18.6. The number of carbonyl (C=O) groups excluding carboxylic acids is 1. The Kier molecular flexibility index (Phi) is 8.33. The third-order valence-corrected chi connectivity index (χ3v) is 7.08. The Bertz CT molecular complexity index is 1260. The van der Waals surface area contributed by atoms with E-state index in [0.717, 1.165) is 30.4 Å². The minimum atomic E-state index is -0.167. The van der Waals surface area contributed by atoms with Gasteiger partial charge in [0.15, 0.2) is 16.7 Å². The third kappa shape index (κ3) is 6.43. The van der Waals surface area contributed by atoms with E-state index in [0.29, 0.717) is 34.8 Å². The van der Waals surface area contributed by atoms with Crippen molar-refractivity contribution >= 4 is 73.1 Å². The summed E-state index contributed by atoms with van der Waals surface area (Å²) in [7, 11) is 0. The van der Waals surface area contributed by atoms with Gasteiger partial charge in [0.25, 0.3) is 5.91 Å². The molecule has 0 spiro atoms. The number of hydrogen-bond acceptors (Lipinski definition) is 5. The van der Waals surface area contributed by atoms with Gasteiger partial charge in [-0.2, -0.15) is 0 Å². The van der Waals surface area contributed by atoms with Crippen molar-refractivity contribution in [1.29, 1.82) is 0 Å². The molecule has 1 N–H and O–H groups in total. The molecule has 0 atom stereocenters. The summed E-state index contributed by atoms with van der Waals surface area (Å²) in [5.41, 5.74) is 3.89. The number of nitrogens with one attached hydrogen (secondary N) is 1. The predicted molar refractivity (Wildman–Crippen MR) is 151 cm³/mol. The Morgan fingerprint density at radius 2 is 1.82 bits per heavy atom. The molecule has 174 valence electrons. The monoisotopic (exact) mass is 648 g/mol. The van der Waals surface area contributed by atoms with Gasteiger partial charge in [-0.15, -0.1) is 0 Å². The van der Waals surface area contributed by atoms with Gasteiger partial charge in [-0.05, 0) is 102 Å². The number of nitrogens with zero attached hydrogens (tertiary/aromatic N) is 1. The maximum absolute atomic E-state index is 12.5. The van der Waals surface area contributed by atoms with Crippen molar-refractivity contribution in [2.75, 3.05) is 6.61 Å². The molecule has 0 unspecified atom stereocenters. The summed E-state index contributed by atoms with van der Waals surface area (Å²) in [6.07, 6.45) is 1.85. The zero-order valence-corrected chi connectivity index (χ0v) is 23.2. The first kappa shape index (κ1) is 24.8. The van der Waals surface area contributed by atoms with Gasteiger partial charge in [-0.3, -0.25) is 4.79 Å². The highest BCUT2D eigenvalue weighted by Gasteiger charge is 2.24. The van der Waals surface area contributed by atoms with Crippen molar-refractivity contribution in [3.8, 4) is 11.5 Å². The molecule has 0 saturated carbocycles. The second-order valence-corrected chi connectivity index (χ2v) is 10.6. The normalized spacial score (nSPS) is 15.6. The molecule has 5 nitrogen and oxygen atoms in total. The minimum absolute atomic E-state index is 0.167. The van der Waals surface area contributed by atoms with Crippen LogP contribution in [0, 0.1) is 10.5 Å². The average Bonchev–Trinajstić information content (AvgIpc) is 3.14. The molecular formula is C26H22BrIN2O3S. The van der Waals surface area contributed by atoms with Crippen LogP contribution in [0.25, 0.3) is 6.08 Å². The number of rotatable bonds is 7. The van der Waals surface area contributed by atoms with Crippen molar-refractivity contribution in [3.05, 3.63) is 90.3 Å². The van der Waals surface area contributed by atoms with Gasteiger partial charge >= 0.3 is 0 Å². The number of ether oxygens (including phenoxy) is 2. The van der Waals surface area contributed by atoms with Crippen LogP contribution in [0.2, 0.25) is 0 Å². The maximum atomic E-state index is 12.5. The molecule has 8 heteroatoms. The Hall–Kier alpha value is -2.30. The standard InChI is InChI=1S/C26H22BrIN2O3S/c1-3-32-22-13-18(12-21(28)24(22)33-15-17-6-8-19(27)9-7-17)14-23-25(31)30-26(34-23)29-20-10-4-16(2)5-11-20/h4-14H,3,15H2,1-2H3,(H,29,30,31)/b23-14-. The van der Waals surface area contributed by atoms with Gasteiger partial charge in [0.2, 0.25) is 0 Å². The van der Waals surface area contributed by atoms with Crippen LogP contribution in [0.1, 0.15) is 23.6 Å². The zero-order chi connectivity index (χ0) is 24.1.